The minimum absolute atomic E-state index is 0.274. The molecule has 0 aliphatic heterocycles. The second-order valence-electron chi connectivity index (χ2n) is 9.40. The Morgan fingerprint density at radius 2 is 1.72 bits per heavy atom. The first kappa shape index (κ1) is 27.0. The molecule has 2 N–H and O–H groups in total. The van der Waals surface area contributed by atoms with Crippen LogP contribution < -0.4 is 20.7 Å². The second-order valence-corrected chi connectivity index (χ2v) is 11.1. The lowest BCUT2D eigenvalue weighted by molar-refractivity contribution is 0.185. The third-order valence-corrected chi connectivity index (χ3v) is 6.01. The molecule has 0 unspecified atom stereocenters. The summed E-state index contributed by atoms with van der Waals surface area (Å²) in [6.45, 7) is 6.40. The Morgan fingerprint density at radius 1 is 1.03 bits per heavy atom. The molecule has 192 valence electrons. The van der Waals surface area contributed by atoms with Gasteiger partial charge in [0.2, 0.25) is 10.0 Å². The highest BCUT2D eigenvalue weighted by molar-refractivity contribution is 7.92. The van der Waals surface area contributed by atoms with Crippen molar-refractivity contribution in [2.75, 3.05) is 25.2 Å². The van der Waals surface area contributed by atoms with Crippen LogP contribution in [0.5, 0.6) is 5.75 Å². The highest BCUT2D eigenvalue weighted by atomic mass is 32.2. The molecule has 0 bridgehead atoms. The SMILES string of the molecule is COCc1cc(NS(C)(=O)=O)ccc1/C=C/c1cc(-n2ccc(=O)[nH]c2=O)cc(C(C)(C)C)c1OC. The molecule has 2 aromatic carbocycles. The Morgan fingerprint density at radius 3 is 2.31 bits per heavy atom. The van der Waals surface area contributed by atoms with Crippen LogP contribution in [0.2, 0.25) is 0 Å². The Kier molecular flexibility index (Phi) is 7.90. The maximum Gasteiger partial charge on any atom is 0.332 e. The van der Waals surface area contributed by atoms with Crippen LogP contribution in [-0.2, 0) is 26.8 Å². The maximum absolute atomic E-state index is 12.5. The minimum atomic E-state index is -3.42. The van der Waals surface area contributed by atoms with Gasteiger partial charge in [-0.3, -0.25) is 19.1 Å². The van der Waals surface area contributed by atoms with Crippen molar-refractivity contribution in [1.29, 1.82) is 0 Å². The van der Waals surface area contributed by atoms with Gasteiger partial charge in [0.05, 0.1) is 25.7 Å². The zero-order chi connectivity index (χ0) is 26.7. The summed E-state index contributed by atoms with van der Waals surface area (Å²) in [7, 11) is -0.261. The molecule has 3 rings (SSSR count). The molecule has 1 heterocycles. The van der Waals surface area contributed by atoms with Crippen molar-refractivity contribution in [1.82, 2.24) is 9.55 Å². The predicted octanol–water partition coefficient (Wildman–Crippen LogP) is 3.52. The van der Waals surface area contributed by atoms with Gasteiger partial charge < -0.3 is 9.47 Å². The van der Waals surface area contributed by atoms with Crippen LogP contribution in [0.4, 0.5) is 5.69 Å². The van der Waals surface area contributed by atoms with E-state index in [1.807, 2.05) is 39.0 Å². The summed E-state index contributed by atoms with van der Waals surface area (Å²) < 4.78 is 38.2. The van der Waals surface area contributed by atoms with Crippen LogP contribution in [0.3, 0.4) is 0 Å². The quantitative estimate of drug-likeness (QED) is 0.445. The van der Waals surface area contributed by atoms with Gasteiger partial charge in [0.1, 0.15) is 5.75 Å². The number of nitrogens with one attached hydrogen (secondary N) is 2. The van der Waals surface area contributed by atoms with E-state index in [9.17, 15) is 18.0 Å². The molecule has 0 radical (unpaired) electrons. The minimum Gasteiger partial charge on any atom is -0.496 e. The van der Waals surface area contributed by atoms with Gasteiger partial charge in [-0.15, -0.1) is 0 Å². The van der Waals surface area contributed by atoms with E-state index in [1.165, 1.54) is 16.8 Å². The van der Waals surface area contributed by atoms with Crippen molar-refractivity contribution in [2.24, 2.45) is 0 Å². The summed E-state index contributed by atoms with van der Waals surface area (Å²) in [4.78, 5) is 26.3. The van der Waals surface area contributed by atoms with Crippen LogP contribution in [0, 0.1) is 0 Å². The van der Waals surface area contributed by atoms with E-state index in [0.29, 0.717) is 17.1 Å². The molecule has 36 heavy (non-hydrogen) atoms. The van der Waals surface area contributed by atoms with Gasteiger partial charge in [-0.1, -0.05) is 39.0 Å². The number of hydrogen-bond donors (Lipinski definition) is 2. The molecule has 0 atom stereocenters. The second kappa shape index (κ2) is 10.5. The molecule has 9 nitrogen and oxygen atoms in total. The van der Waals surface area contributed by atoms with Crippen LogP contribution in [-0.4, -0.2) is 38.4 Å². The third kappa shape index (κ3) is 6.52. The van der Waals surface area contributed by atoms with Crippen molar-refractivity contribution in [3.63, 3.8) is 0 Å². The summed E-state index contributed by atoms with van der Waals surface area (Å²) in [6, 6.07) is 10.2. The Balaban J connectivity index is 2.17. The standard InChI is InChI=1S/C26H31N3O6S/c1-26(2,3)22-15-21(29-12-11-23(30)27-25(29)31)14-18(24(22)35-5)8-7-17-9-10-20(28-36(6,32)33)13-19(17)16-34-4/h7-15,28H,16H2,1-6H3,(H,27,30,31)/b8-7+. The summed E-state index contributed by atoms with van der Waals surface area (Å²) in [5.41, 5.74) is 2.90. The molecule has 0 saturated heterocycles. The lowest BCUT2D eigenvalue weighted by Gasteiger charge is -2.25. The van der Waals surface area contributed by atoms with Crippen LogP contribution in [0.1, 0.15) is 43.0 Å². The van der Waals surface area contributed by atoms with Crippen molar-refractivity contribution in [3.05, 3.63) is 85.7 Å². The number of rotatable bonds is 8. The fraction of sp³-hybridized carbons (Fsp3) is 0.308. The molecule has 0 fully saturated rings. The van der Waals surface area contributed by atoms with E-state index in [2.05, 4.69) is 9.71 Å². The smallest absolute Gasteiger partial charge is 0.332 e. The lowest BCUT2D eigenvalue weighted by Crippen LogP contribution is -2.28. The molecular formula is C26H31N3O6S. The number of benzene rings is 2. The zero-order valence-corrected chi connectivity index (χ0v) is 22.0. The molecule has 1 aromatic heterocycles. The van der Waals surface area contributed by atoms with Crippen LogP contribution in [0.25, 0.3) is 17.8 Å². The molecule has 0 saturated carbocycles. The van der Waals surface area contributed by atoms with Crippen molar-refractivity contribution in [3.8, 4) is 11.4 Å². The summed E-state index contributed by atoms with van der Waals surface area (Å²) in [6.07, 6.45) is 6.28. The number of aromatic amines is 1. The lowest BCUT2D eigenvalue weighted by atomic mass is 9.84. The van der Waals surface area contributed by atoms with Gasteiger partial charge in [-0.25, -0.2) is 13.2 Å². The van der Waals surface area contributed by atoms with E-state index in [-0.39, 0.29) is 12.0 Å². The van der Waals surface area contributed by atoms with Gasteiger partial charge in [0.25, 0.3) is 5.56 Å². The van der Waals surface area contributed by atoms with Gasteiger partial charge in [-0.2, -0.15) is 0 Å². The number of aromatic nitrogens is 2. The number of methoxy groups -OCH3 is 2. The Bertz CT molecular complexity index is 1510. The van der Waals surface area contributed by atoms with E-state index in [0.717, 1.165) is 28.5 Å². The third-order valence-electron chi connectivity index (χ3n) is 5.41. The van der Waals surface area contributed by atoms with Gasteiger partial charge in [-0.05, 0) is 40.8 Å². The molecule has 0 amide bonds. The highest BCUT2D eigenvalue weighted by Gasteiger charge is 2.22. The fourth-order valence-electron chi connectivity index (χ4n) is 3.81. The van der Waals surface area contributed by atoms with E-state index < -0.39 is 21.3 Å². The molecule has 0 aliphatic carbocycles. The summed E-state index contributed by atoms with van der Waals surface area (Å²) >= 11 is 0. The topological polar surface area (TPSA) is 119 Å². The van der Waals surface area contributed by atoms with Crippen molar-refractivity contribution >= 4 is 27.9 Å². The number of ether oxygens (including phenoxy) is 2. The normalized spacial score (nSPS) is 12.2. The van der Waals surface area contributed by atoms with Crippen LogP contribution >= 0.6 is 0 Å². The van der Waals surface area contributed by atoms with E-state index in [4.69, 9.17) is 9.47 Å². The number of nitrogens with zero attached hydrogens (tertiary/aromatic N) is 1. The number of H-pyrrole nitrogens is 1. The highest BCUT2D eigenvalue weighted by Crippen LogP contribution is 2.37. The largest absolute Gasteiger partial charge is 0.496 e. The van der Waals surface area contributed by atoms with Gasteiger partial charge >= 0.3 is 5.69 Å². The molecular weight excluding hydrogens is 482 g/mol. The Labute approximate surface area is 210 Å². The number of sulfonamides is 1. The molecule has 0 aliphatic rings. The Hall–Kier alpha value is -3.63. The predicted molar refractivity (Wildman–Crippen MR) is 142 cm³/mol. The first-order valence-corrected chi connectivity index (χ1v) is 13.0. The fourth-order valence-corrected chi connectivity index (χ4v) is 4.36. The average molecular weight is 514 g/mol. The van der Waals surface area contributed by atoms with Gasteiger partial charge in [0, 0.05) is 36.2 Å². The first-order valence-electron chi connectivity index (χ1n) is 11.1. The maximum atomic E-state index is 12.5. The van der Waals surface area contributed by atoms with Crippen LogP contribution in [0.15, 0.2) is 52.2 Å². The zero-order valence-electron chi connectivity index (χ0n) is 21.2. The first-order chi connectivity index (χ1) is 16.8. The molecule has 0 spiro atoms. The van der Waals surface area contributed by atoms with E-state index >= 15 is 0 Å². The van der Waals surface area contributed by atoms with Crippen molar-refractivity contribution in [2.45, 2.75) is 32.8 Å². The molecule has 10 heteroatoms. The van der Waals surface area contributed by atoms with Crippen molar-refractivity contribution < 1.29 is 17.9 Å². The molecule has 3 aromatic rings. The van der Waals surface area contributed by atoms with E-state index in [1.54, 1.807) is 38.5 Å². The summed E-state index contributed by atoms with van der Waals surface area (Å²) in [5, 5.41) is 0. The number of hydrogen-bond acceptors (Lipinski definition) is 6. The summed E-state index contributed by atoms with van der Waals surface area (Å²) in [5.74, 6) is 0.656. The monoisotopic (exact) mass is 513 g/mol. The average Bonchev–Trinajstić information content (AvgIpc) is 2.76. The van der Waals surface area contributed by atoms with Gasteiger partial charge in [0.15, 0.2) is 0 Å². The number of anilines is 1.